The van der Waals surface area contributed by atoms with Gasteiger partial charge in [0.2, 0.25) is 0 Å². The first kappa shape index (κ1) is 18.1. The van der Waals surface area contributed by atoms with Crippen LogP contribution in [0.5, 0.6) is 11.5 Å². The van der Waals surface area contributed by atoms with Gasteiger partial charge in [0, 0.05) is 29.6 Å². The predicted octanol–water partition coefficient (Wildman–Crippen LogP) is 1.74. The Morgan fingerprint density at radius 3 is 2.08 bits per heavy atom. The van der Waals surface area contributed by atoms with E-state index in [9.17, 15) is 14.4 Å². The summed E-state index contributed by atoms with van der Waals surface area (Å²) in [6, 6.07) is 5.99. The molecule has 0 spiro atoms. The Morgan fingerprint density at radius 1 is 0.960 bits per heavy atom. The topological polar surface area (TPSA) is 107 Å². The van der Waals surface area contributed by atoms with Crippen LogP contribution in [0.2, 0.25) is 0 Å². The highest BCUT2D eigenvalue weighted by molar-refractivity contribution is 6.05. The normalized spacial score (nSPS) is 10.1. The Morgan fingerprint density at radius 2 is 1.56 bits per heavy atom. The summed E-state index contributed by atoms with van der Waals surface area (Å²) in [5.74, 6) is -0.377. The summed E-state index contributed by atoms with van der Waals surface area (Å²) in [7, 11) is 4.18. The van der Waals surface area contributed by atoms with Crippen LogP contribution >= 0.6 is 0 Å². The number of hydrogen-bond acceptors (Lipinski definition) is 6. The second-order valence-corrected chi connectivity index (χ2v) is 5.10. The molecule has 0 atom stereocenters. The highest BCUT2D eigenvalue weighted by Crippen LogP contribution is 2.26. The molecule has 2 aromatic rings. The molecule has 1 amide bonds. The van der Waals surface area contributed by atoms with Gasteiger partial charge in [-0.1, -0.05) is 0 Å². The van der Waals surface area contributed by atoms with Gasteiger partial charge in [0.1, 0.15) is 17.1 Å². The van der Waals surface area contributed by atoms with Crippen molar-refractivity contribution < 1.29 is 23.8 Å². The number of pyridine rings is 1. The molecule has 0 aliphatic rings. The lowest BCUT2D eigenvalue weighted by Crippen LogP contribution is -2.25. The van der Waals surface area contributed by atoms with Gasteiger partial charge in [-0.3, -0.25) is 9.59 Å². The van der Waals surface area contributed by atoms with Crippen LogP contribution < -0.4 is 20.3 Å². The van der Waals surface area contributed by atoms with E-state index in [0.29, 0.717) is 22.9 Å². The van der Waals surface area contributed by atoms with Gasteiger partial charge < -0.3 is 24.5 Å². The minimum Gasteiger partial charge on any atom is -0.497 e. The van der Waals surface area contributed by atoms with Crippen LogP contribution in [0, 0.1) is 6.92 Å². The van der Waals surface area contributed by atoms with Crippen molar-refractivity contribution in [2.45, 2.75) is 6.92 Å². The fourth-order valence-electron chi connectivity index (χ4n) is 2.19. The first-order valence-electron chi connectivity index (χ1n) is 7.26. The summed E-state index contributed by atoms with van der Waals surface area (Å²) in [4.78, 5) is 38.7. The van der Waals surface area contributed by atoms with E-state index in [1.807, 2.05) is 0 Å². The first-order chi connectivity index (χ1) is 11.9. The average Bonchev–Trinajstić information content (AvgIpc) is 2.60. The minimum atomic E-state index is -0.679. The smallest absolute Gasteiger partial charge is 0.339 e. The molecule has 0 aliphatic carbocycles. The van der Waals surface area contributed by atoms with Crippen molar-refractivity contribution in [3.63, 3.8) is 0 Å². The van der Waals surface area contributed by atoms with Crippen LogP contribution in [-0.2, 0) is 4.74 Å². The number of amides is 1. The molecule has 0 saturated carbocycles. The maximum atomic E-state index is 12.4. The summed E-state index contributed by atoms with van der Waals surface area (Å²) in [6.45, 7) is 1.54. The van der Waals surface area contributed by atoms with Crippen molar-refractivity contribution in [1.29, 1.82) is 0 Å². The standard InChI is InChI=1S/C17H18N2O6/c1-9-13(17(22)25-4)8-14(15(20)18-9)16(21)19-10-5-11(23-2)7-12(6-10)24-3/h5-8H,1-4H3,(H,18,20)(H,19,21). The van der Waals surface area contributed by atoms with Crippen LogP contribution in [0.25, 0.3) is 0 Å². The SMILES string of the molecule is COC(=O)c1cc(C(=O)Nc2cc(OC)cc(OC)c2)c(=O)[nH]c1C. The highest BCUT2D eigenvalue weighted by Gasteiger charge is 2.18. The molecule has 0 bridgehead atoms. The number of anilines is 1. The van der Waals surface area contributed by atoms with Crippen molar-refractivity contribution in [3.8, 4) is 11.5 Å². The second kappa shape index (κ2) is 7.52. The van der Waals surface area contributed by atoms with E-state index >= 15 is 0 Å². The summed E-state index contributed by atoms with van der Waals surface area (Å²) in [6.07, 6.45) is 0. The first-order valence-corrected chi connectivity index (χ1v) is 7.26. The van der Waals surface area contributed by atoms with E-state index in [-0.39, 0.29) is 11.1 Å². The third kappa shape index (κ3) is 3.97. The maximum Gasteiger partial charge on any atom is 0.339 e. The van der Waals surface area contributed by atoms with Gasteiger partial charge in [-0.2, -0.15) is 0 Å². The molecule has 2 N–H and O–H groups in total. The van der Waals surface area contributed by atoms with Gasteiger partial charge in [0.25, 0.3) is 11.5 Å². The van der Waals surface area contributed by atoms with Gasteiger partial charge in [-0.15, -0.1) is 0 Å². The lowest BCUT2D eigenvalue weighted by Gasteiger charge is -2.10. The van der Waals surface area contributed by atoms with E-state index in [1.165, 1.54) is 27.4 Å². The Hall–Kier alpha value is -3.29. The number of carbonyl (C=O) groups excluding carboxylic acids is 2. The molecule has 2 rings (SSSR count). The van der Waals surface area contributed by atoms with E-state index in [0.717, 1.165) is 0 Å². The number of nitrogens with one attached hydrogen (secondary N) is 2. The third-order valence-electron chi connectivity index (χ3n) is 3.50. The maximum absolute atomic E-state index is 12.4. The lowest BCUT2D eigenvalue weighted by molar-refractivity contribution is 0.0599. The molecule has 8 heteroatoms. The molecule has 1 aromatic heterocycles. The van der Waals surface area contributed by atoms with Gasteiger partial charge in [0.15, 0.2) is 0 Å². The number of aromatic nitrogens is 1. The third-order valence-corrected chi connectivity index (χ3v) is 3.50. The van der Waals surface area contributed by atoms with Crippen LogP contribution in [0.1, 0.15) is 26.4 Å². The van der Waals surface area contributed by atoms with E-state index in [4.69, 9.17) is 9.47 Å². The van der Waals surface area contributed by atoms with Gasteiger partial charge in [-0.05, 0) is 13.0 Å². The number of rotatable bonds is 5. The van der Waals surface area contributed by atoms with Gasteiger partial charge in [0.05, 0.1) is 26.9 Å². The molecule has 25 heavy (non-hydrogen) atoms. The van der Waals surface area contributed by atoms with Gasteiger partial charge in [-0.25, -0.2) is 4.79 Å². The quantitative estimate of drug-likeness (QED) is 0.799. The zero-order valence-corrected chi connectivity index (χ0v) is 14.3. The lowest BCUT2D eigenvalue weighted by atomic mass is 10.1. The number of carbonyl (C=O) groups is 2. The average molecular weight is 346 g/mol. The molecule has 0 fully saturated rings. The molecule has 0 radical (unpaired) electrons. The fraction of sp³-hybridized carbons (Fsp3) is 0.235. The van der Waals surface area contributed by atoms with Crippen LogP contribution in [0.4, 0.5) is 5.69 Å². The molecule has 0 unspecified atom stereocenters. The number of esters is 1. The molecular formula is C17H18N2O6. The van der Waals surface area contributed by atoms with Crippen LogP contribution in [-0.4, -0.2) is 38.2 Å². The van der Waals surface area contributed by atoms with Crippen molar-refractivity contribution in [3.05, 3.63) is 51.4 Å². The minimum absolute atomic E-state index is 0.107. The zero-order chi connectivity index (χ0) is 18.6. The zero-order valence-electron chi connectivity index (χ0n) is 14.3. The van der Waals surface area contributed by atoms with E-state index < -0.39 is 17.4 Å². The number of benzene rings is 1. The fourth-order valence-corrected chi connectivity index (χ4v) is 2.19. The molecule has 132 valence electrons. The van der Waals surface area contributed by atoms with E-state index in [1.54, 1.807) is 25.1 Å². The predicted molar refractivity (Wildman–Crippen MR) is 90.6 cm³/mol. The largest absolute Gasteiger partial charge is 0.497 e. The summed E-state index contributed by atoms with van der Waals surface area (Å²) < 4.78 is 14.9. The Labute approximate surface area is 143 Å². The van der Waals surface area contributed by atoms with Crippen molar-refractivity contribution in [1.82, 2.24) is 4.98 Å². The van der Waals surface area contributed by atoms with Crippen molar-refractivity contribution in [2.75, 3.05) is 26.6 Å². The molecule has 1 aromatic carbocycles. The molecule has 8 nitrogen and oxygen atoms in total. The molecule has 0 aliphatic heterocycles. The summed E-state index contributed by atoms with van der Waals surface area (Å²) in [5, 5.41) is 2.58. The van der Waals surface area contributed by atoms with E-state index in [2.05, 4.69) is 15.0 Å². The van der Waals surface area contributed by atoms with Crippen molar-refractivity contribution >= 4 is 17.6 Å². The number of aryl methyl sites for hydroxylation is 1. The van der Waals surface area contributed by atoms with Gasteiger partial charge >= 0.3 is 5.97 Å². The summed E-state index contributed by atoms with van der Waals surface area (Å²) >= 11 is 0. The Kier molecular flexibility index (Phi) is 5.43. The molecule has 0 saturated heterocycles. The number of ether oxygens (including phenoxy) is 3. The number of aromatic amines is 1. The molecule has 1 heterocycles. The molecular weight excluding hydrogens is 328 g/mol. The monoisotopic (exact) mass is 346 g/mol. The van der Waals surface area contributed by atoms with Crippen LogP contribution in [0.3, 0.4) is 0 Å². The van der Waals surface area contributed by atoms with Crippen molar-refractivity contribution in [2.24, 2.45) is 0 Å². The summed E-state index contributed by atoms with van der Waals surface area (Å²) in [5.41, 5.74) is -0.0296. The number of hydrogen-bond donors (Lipinski definition) is 2. The second-order valence-electron chi connectivity index (χ2n) is 5.10. The Balaban J connectivity index is 2.39. The number of methoxy groups -OCH3 is 3. The van der Waals surface area contributed by atoms with Crippen LogP contribution in [0.15, 0.2) is 29.1 Å². The Bertz CT molecular complexity index is 850. The highest BCUT2D eigenvalue weighted by atomic mass is 16.5. The number of H-pyrrole nitrogens is 1.